The molecule has 0 aliphatic carbocycles. The van der Waals surface area contributed by atoms with Gasteiger partial charge in [0, 0.05) is 17.3 Å². The highest BCUT2D eigenvalue weighted by molar-refractivity contribution is 5.90. The Balaban J connectivity index is 1.79. The fraction of sp³-hybridized carbons (Fsp3) is 0.0625. The minimum absolute atomic E-state index is 0.243. The highest BCUT2D eigenvalue weighted by Crippen LogP contribution is 2.39. The van der Waals surface area contributed by atoms with Gasteiger partial charge in [-0.25, -0.2) is 4.98 Å². The summed E-state index contributed by atoms with van der Waals surface area (Å²) in [6, 6.07) is 12.9. The zero-order valence-corrected chi connectivity index (χ0v) is 11.1. The van der Waals surface area contributed by atoms with E-state index in [-0.39, 0.29) is 6.79 Å². The van der Waals surface area contributed by atoms with Crippen molar-refractivity contribution in [3.05, 3.63) is 48.7 Å². The Morgan fingerprint density at radius 2 is 1.76 bits per heavy atom. The van der Waals surface area contributed by atoms with Crippen LogP contribution in [0.5, 0.6) is 23.1 Å². The molecule has 1 aromatic heterocycles. The summed E-state index contributed by atoms with van der Waals surface area (Å²) in [5, 5.41) is 1.86. The van der Waals surface area contributed by atoms with Gasteiger partial charge < -0.3 is 19.9 Å². The van der Waals surface area contributed by atoms with Crippen molar-refractivity contribution in [2.45, 2.75) is 0 Å². The Morgan fingerprint density at radius 1 is 1.00 bits per heavy atom. The van der Waals surface area contributed by atoms with Crippen molar-refractivity contribution < 1.29 is 14.2 Å². The lowest BCUT2D eigenvalue weighted by atomic mass is 10.1. The van der Waals surface area contributed by atoms with E-state index in [4.69, 9.17) is 19.9 Å². The first kappa shape index (κ1) is 11.8. The van der Waals surface area contributed by atoms with Gasteiger partial charge >= 0.3 is 0 Å². The predicted octanol–water partition coefficient (Wildman–Crippen LogP) is 3.34. The van der Waals surface area contributed by atoms with Crippen molar-refractivity contribution in [2.75, 3.05) is 12.5 Å². The van der Waals surface area contributed by atoms with Crippen molar-refractivity contribution in [1.29, 1.82) is 0 Å². The summed E-state index contributed by atoms with van der Waals surface area (Å²) in [5.74, 6) is 2.65. The van der Waals surface area contributed by atoms with E-state index in [0.717, 1.165) is 16.5 Å². The number of benzene rings is 2. The van der Waals surface area contributed by atoms with Crippen LogP contribution in [0.2, 0.25) is 0 Å². The molecule has 4 rings (SSSR count). The molecule has 2 heterocycles. The smallest absolute Gasteiger partial charge is 0.231 e. The monoisotopic (exact) mass is 280 g/mol. The predicted molar refractivity (Wildman–Crippen MR) is 78.8 cm³/mol. The van der Waals surface area contributed by atoms with Gasteiger partial charge in [0.2, 0.25) is 12.7 Å². The molecule has 0 atom stereocenters. The lowest BCUT2D eigenvalue weighted by Gasteiger charge is -2.08. The van der Waals surface area contributed by atoms with Crippen LogP contribution in [0.25, 0.3) is 10.8 Å². The second kappa shape index (κ2) is 4.56. The number of anilines is 1. The highest BCUT2D eigenvalue weighted by Gasteiger charge is 2.16. The quantitative estimate of drug-likeness (QED) is 0.729. The molecule has 2 N–H and O–H groups in total. The molecule has 0 saturated carbocycles. The summed E-state index contributed by atoms with van der Waals surface area (Å²) in [5.41, 5.74) is 6.36. The molecule has 0 saturated heterocycles. The highest BCUT2D eigenvalue weighted by atomic mass is 16.7. The first-order valence-electron chi connectivity index (χ1n) is 6.51. The van der Waals surface area contributed by atoms with Crippen LogP contribution < -0.4 is 19.9 Å². The normalized spacial score (nSPS) is 12.6. The molecule has 21 heavy (non-hydrogen) atoms. The van der Waals surface area contributed by atoms with Crippen LogP contribution in [0.15, 0.2) is 48.7 Å². The minimum atomic E-state index is 0.243. The molecule has 0 bridgehead atoms. The zero-order chi connectivity index (χ0) is 14.2. The van der Waals surface area contributed by atoms with Crippen molar-refractivity contribution >= 4 is 16.5 Å². The van der Waals surface area contributed by atoms with E-state index in [2.05, 4.69) is 4.98 Å². The van der Waals surface area contributed by atoms with E-state index in [1.807, 2.05) is 30.3 Å². The summed E-state index contributed by atoms with van der Waals surface area (Å²) >= 11 is 0. The fourth-order valence-electron chi connectivity index (χ4n) is 2.26. The molecule has 0 radical (unpaired) electrons. The maximum Gasteiger partial charge on any atom is 0.231 e. The molecule has 5 heteroatoms. The molecule has 0 unspecified atom stereocenters. The van der Waals surface area contributed by atoms with Crippen molar-refractivity contribution in [1.82, 2.24) is 4.98 Å². The van der Waals surface area contributed by atoms with Gasteiger partial charge in [0.15, 0.2) is 11.5 Å². The average Bonchev–Trinajstić information content (AvgIpc) is 2.95. The molecule has 5 nitrogen and oxygen atoms in total. The van der Waals surface area contributed by atoms with Gasteiger partial charge in [-0.05, 0) is 47.9 Å². The van der Waals surface area contributed by atoms with Gasteiger partial charge in [-0.15, -0.1) is 0 Å². The largest absolute Gasteiger partial charge is 0.454 e. The Bertz CT molecular complexity index is 816. The number of nitrogen functional groups attached to an aromatic ring is 1. The van der Waals surface area contributed by atoms with E-state index >= 15 is 0 Å². The van der Waals surface area contributed by atoms with E-state index < -0.39 is 0 Å². The molecule has 0 spiro atoms. The second-order valence-corrected chi connectivity index (χ2v) is 4.71. The van der Waals surface area contributed by atoms with Gasteiger partial charge in [0.25, 0.3) is 0 Å². The summed E-state index contributed by atoms with van der Waals surface area (Å²) in [7, 11) is 0. The number of nitrogens with two attached hydrogens (primary N) is 1. The van der Waals surface area contributed by atoms with Gasteiger partial charge in [0.1, 0.15) is 5.75 Å². The molecule has 0 fully saturated rings. The van der Waals surface area contributed by atoms with Crippen molar-refractivity contribution in [3.63, 3.8) is 0 Å². The van der Waals surface area contributed by atoms with Gasteiger partial charge in [-0.2, -0.15) is 0 Å². The number of ether oxygens (including phenoxy) is 3. The molecular weight excluding hydrogens is 268 g/mol. The molecule has 1 aliphatic heterocycles. The summed E-state index contributed by atoms with van der Waals surface area (Å²) < 4.78 is 16.6. The van der Waals surface area contributed by atoms with Crippen molar-refractivity contribution in [3.8, 4) is 23.1 Å². The number of hydrogen-bond acceptors (Lipinski definition) is 5. The molecule has 1 aliphatic rings. The van der Waals surface area contributed by atoms with Gasteiger partial charge in [-0.3, -0.25) is 0 Å². The van der Waals surface area contributed by atoms with Crippen LogP contribution in [0, 0.1) is 0 Å². The Morgan fingerprint density at radius 3 is 2.57 bits per heavy atom. The molecule has 0 amide bonds. The topological polar surface area (TPSA) is 66.6 Å². The number of nitrogens with zero attached hydrogens (tertiary/aromatic N) is 1. The van der Waals surface area contributed by atoms with Gasteiger partial charge in [-0.1, -0.05) is 0 Å². The third-order valence-electron chi connectivity index (χ3n) is 3.32. The summed E-state index contributed by atoms with van der Waals surface area (Å²) in [6.45, 7) is 0.243. The molecule has 104 valence electrons. The van der Waals surface area contributed by atoms with E-state index in [1.165, 1.54) is 0 Å². The van der Waals surface area contributed by atoms with Crippen molar-refractivity contribution in [2.24, 2.45) is 0 Å². The number of hydrogen-bond donors (Lipinski definition) is 1. The molecule has 2 aromatic carbocycles. The number of rotatable bonds is 2. The van der Waals surface area contributed by atoms with Gasteiger partial charge in [0.05, 0.1) is 0 Å². The standard InChI is InChI=1S/C16H12N2O3/c17-11-1-3-12(4-2-11)21-16-13-8-15-14(19-9-20-15)7-10(13)5-6-18-16/h1-8H,9,17H2. The van der Waals surface area contributed by atoms with Crippen LogP contribution in [0.4, 0.5) is 5.69 Å². The number of aromatic nitrogens is 1. The lowest BCUT2D eigenvalue weighted by Crippen LogP contribution is -1.92. The Kier molecular flexibility index (Phi) is 2.57. The summed E-state index contributed by atoms with van der Waals surface area (Å²) in [4.78, 5) is 4.30. The van der Waals surface area contributed by atoms with Crippen LogP contribution >= 0.6 is 0 Å². The van der Waals surface area contributed by atoms with Crippen LogP contribution in [0.3, 0.4) is 0 Å². The van der Waals surface area contributed by atoms with Crippen LogP contribution in [-0.2, 0) is 0 Å². The molecular formula is C16H12N2O3. The number of pyridine rings is 1. The fourth-order valence-corrected chi connectivity index (χ4v) is 2.26. The maximum absolute atomic E-state index is 5.84. The second-order valence-electron chi connectivity index (χ2n) is 4.71. The zero-order valence-electron chi connectivity index (χ0n) is 11.1. The Labute approximate surface area is 120 Å². The first-order valence-corrected chi connectivity index (χ1v) is 6.51. The number of fused-ring (bicyclic) bond motifs is 2. The summed E-state index contributed by atoms with van der Waals surface area (Å²) in [6.07, 6.45) is 1.71. The lowest BCUT2D eigenvalue weighted by molar-refractivity contribution is 0.174. The van der Waals surface area contributed by atoms with E-state index in [0.29, 0.717) is 23.1 Å². The van der Waals surface area contributed by atoms with E-state index in [9.17, 15) is 0 Å². The average molecular weight is 280 g/mol. The van der Waals surface area contributed by atoms with Crippen LogP contribution in [-0.4, -0.2) is 11.8 Å². The van der Waals surface area contributed by atoms with Crippen LogP contribution in [0.1, 0.15) is 0 Å². The maximum atomic E-state index is 5.84. The SMILES string of the molecule is Nc1ccc(Oc2nccc3cc4c(cc23)OCO4)cc1. The minimum Gasteiger partial charge on any atom is -0.454 e. The Hall–Kier alpha value is -2.95. The first-order chi connectivity index (χ1) is 10.3. The molecule has 3 aromatic rings. The third kappa shape index (κ3) is 2.08. The third-order valence-corrected chi connectivity index (χ3v) is 3.32. The van der Waals surface area contributed by atoms with E-state index in [1.54, 1.807) is 18.3 Å².